The van der Waals surface area contributed by atoms with Gasteiger partial charge in [0.2, 0.25) is 0 Å². The quantitative estimate of drug-likeness (QED) is 0.687. The third-order valence-electron chi connectivity index (χ3n) is 4.24. The van der Waals surface area contributed by atoms with Crippen molar-refractivity contribution in [1.29, 1.82) is 0 Å². The van der Waals surface area contributed by atoms with E-state index >= 15 is 0 Å². The molecule has 19 heavy (non-hydrogen) atoms. The van der Waals surface area contributed by atoms with Crippen molar-refractivity contribution in [2.24, 2.45) is 0 Å². The Bertz CT molecular complexity index is 502. The minimum absolute atomic E-state index is 0.0868. The van der Waals surface area contributed by atoms with Gasteiger partial charge in [-0.1, -0.05) is 0 Å². The van der Waals surface area contributed by atoms with Crippen molar-refractivity contribution < 1.29 is 4.79 Å². The molecule has 2 heterocycles. The molecule has 1 amide bonds. The Morgan fingerprint density at radius 3 is 2.89 bits per heavy atom. The number of fused-ring (bicyclic) bond motifs is 1. The maximum absolute atomic E-state index is 12.3. The molecule has 1 aromatic carbocycles. The van der Waals surface area contributed by atoms with E-state index in [1.54, 1.807) is 18.2 Å². The highest BCUT2D eigenvalue weighted by Gasteiger charge is 2.37. The molecular formula is C14H20N4O. The summed E-state index contributed by atoms with van der Waals surface area (Å²) in [5, 5.41) is 3.13. The highest BCUT2D eigenvalue weighted by atomic mass is 16.1. The lowest BCUT2D eigenvalue weighted by molar-refractivity contribution is 0.0930. The predicted octanol–water partition coefficient (Wildman–Crippen LogP) is 0.818. The third kappa shape index (κ3) is 2.26. The minimum atomic E-state index is -0.0868. The Labute approximate surface area is 112 Å². The van der Waals surface area contributed by atoms with Crippen LogP contribution in [0.2, 0.25) is 0 Å². The van der Waals surface area contributed by atoms with Gasteiger partial charge in [0, 0.05) is 30.0 Å². The zero-order valence-corrected chi connectivity index (χ0v) is 10.9. The molecule has 5 heteroatoms. The second-order valence-corrected chi connectivity index (χ2v) is 5.46. The van der Waals surface area contributed by atoms with Gasteiger partial charge in [0.1, 0.15) is 0 Å². The summed E-state index contributed by atoms with van der Waals surface area (Å²) >= 11 is 0. The number of anilines is 2. The van der Waals surface area contributed by atoms with Crippen LogP contribution in [0.25, 0.3) is 0 Å². The number of carbonyl (C=O) groups excluding carboxylic acids is 1. The molecule has 0 aromatic heterocycles. The van der Waals surface area contributed by atoms with E-state index in [0.29, 0.717) is 23.0 Å². The molecule has 2 fully saturated rings. The molecule has 0 saturated carbocycles. The van der Waals surface area contributed by atoms with Gasteiger partial charge in [-0.3, -0.25) is 9.69 Å². The van der Waals surface area contributed by atoms with Gasteiger partial charge in [-0.25, -0.2) is 0 Å². The van der Waals surface area contributed by atoms with E-state index < -0.39 is 0 Å². The molecule has 0 bridgehead atoms. The van der Waals surface area contributed by atoms with Crippen molar-refractivity contribution in [2.45, 2.75) is 31.3 Å². The van der Waals surface area contributed by atoms with Crippen molar-refractivity contribution in [3.8, 4) is 0 Å². The lowest BCUT2D eigenvalue weighted by Gasteiger charge is -2.21. The number of hydrogen-bond donors (Lipinski definition) is 3. The van der Waals surface area contributed by atoms with E-state index in [-0.39, 0.29) is 11.9 Å². The van der Waals surface area contributed by atoms with Gasteiger partial charge in [-0.05, 0) is 44.0 Å². The monoisotopic (exact) mass is 260 g/mol. The van der Waals surface area contributed by atoms with Gasteiger partial charge >= 0.3 is 0 Å². The Balaban J connectivity index is 1.71. The third-order valence-corrected chi connectivity index (χ3v) is 4.24. The van der Waals surface area contributed by atoms with Crippen LogP contribution < -0.4 is 16.8 Å². The Morgan fingerprint density at radius 2 is 2.11 bits per heavy atom. The first kappa shape index (κ1) is 12.3. The van der Waals surface area contributed by atoms with Gasteiger partial charge in [-0.15, -0.1) is 0 Å². The molecule has 1 aromatic rings. The van der Waals surface area contributed by atoms with E-state index in [1.807, 2.05) is 0 Å². The highest BCUT2D eigenvalue weighted by Crippen LogP contribution is 2.28. The van der Waals surface area contributed by atoms with E-state index in [4.69, 9.17) is 11.5 Å². The molecule has 102 valence electrons. The first-order valence-electron chi connectivity index (χ1n) is 6.85. The molecule has 2 unspecified atom stereocenters. The summed E-state index contributed by atoms with van der Waals surface area (Å²) in [4.78, 5) is 14.7. The Kier molecular flexibility index (Phi) is 3.06. The molecule has 2 saturated heterocycles. The molecule has 2 atom stereocenters. The summed E-state index contributed by atoms with van der Waals surface area (Å²) < 4.78 is 0. The van der Waals surface area contributed by atoms with Crippen molar-refractivity contribution in [3.05, 3.63) is 23.8 Å². The van der Waals surface area contributed by atoms with Crippen LogP contribution in [0, 0.1) is 0 Å². The summed E-state index contributed by atoms with van der Waals surface area (Å²) in [5.74, 6) is -0.0868. The van der Waals surface area contributed by atoms with Crippen LogP contribution >= 0.6 is 0 Å². The molecule has 5 nitrogen and oxygen atoms in total. The average molecular weight is 260 g/mol. The summed E-state index contributed by atoms with van der Waals surface area (Å²) in [5.41, 5.74) is 13.0. The van der Waals surface area contributed by atoms with Gasteiger partial charge in [0.25, 0.3) is 5.91 Å². The predicted molar refractivity (Wildman–Crippen MR) is 75.7 cm³/mol. The smallest absolute Gasteiger partial charge is 0.253 e. The number of benzene rings is 1. The van der Waals surface area contributed by atoms with Gasteiger partial charge in [0.05, 0.1) is 5.56 Å². The van der Waals surface area contributed by atoms with E-state index in [1.165, 1.54) is 19.4 Å². The largest absolute Gasteiger partial charge is 0.399 e. The number of nitrogens with one attached hydrogen (secondary N) is 1. The molecular weight excluding hydrogens is 240 g/mol. The zero-order chi connectivity index (χ0) is 13.4. The molecule has 5 N–H and O–H groups in total. The normalized spacial score (nSPS) is 26.3. The summed E-state index contributed by atoms with van der Waals surface area (Å²) in [7, 11) is 0. The molecule has 3 rings (SSSR count). The van der Waals surface area contributed by atoms with Crippen LogP contribution in [0.4, 0.5) is 11.4 Å². The van der Waals surface area contributed by atoms with E-state index in [0.717, 1.165) is 13.0 Å². The van der Waals surface area contributed by atoms with Crippen molar-refractivity contribution in [3.63, 3.8) is 0 Å². The molecule has 2 aliphatic rings. The SMILES string of the molecule is Nc1ccc(C(=O)NC2CCN3CCCC23)c(N)c1. The standard InChI is InChI=1S/C14H20N4O/c15-9-3-4-10(11(16)8-9)14(19)17-12-5-7-18-6-1-2-13(12)18/h3-4,8,12-13H,1-2,5-7,15-16H2,(H,17,19). The topological polar surface area (TPSA) is 84.4 Å². The number of hydrogen-bond acceptors (Lipinski definition) is 4. The maximum Gasteiger partial charge on any atom is 0.253 e. The van der Waals surface area contributed by atoms with Crippen LogP contribution in [0.1, 0.15) is 29.6 Å². The van der Waals surface area contributed by atoms with Crippen LogP contribution in [-0.2, 0) is 0 Å². The minimum Gasteiger partial charge on any atom is -0.399 e. The van der Waals surface area contributed by atoms with Gasteiger partial charge in [-0.2, -0.15) is 0 Å². The Morgan fingerprint density at radius 1 is 1.26 bits per heavy atom. The van der Waals surface area contributed by atoms with Crippen molar-refractivity contribution in [1.82, 2.24) is 10.2 Å². The fourth-order valence-corrected chi connectivity index (χ4v) is 3.28. The second kappa shape index (κ2) is 4.74. The molecule has 0 radical (unpaired) electrons. The van der Waals surface area contributed by atoms with Crippen LogP contribution in [-0.4, -0.2) is 36.0 Å². The number of nitrogen functional groups attached to an aromatic ring is 2. The molecule has 0 spiro atoms. The first-order valence-corrected chi connectivity index (χ1v) is 6.85. The zero-order valence-electron chi connectivity index (χ0n) is 10.9. The number of nitrogens with two attached hydrogens (primary N) is 2. The van der Waals surface area contributed by atoms with Crippen molar-refractivity contribution >= 4 is 17.3 Å². The highest BCUT2D eigenvalue weighted by molar-refractivity contribution is 5.99. The number of amides is 1. The van der Waals surface area contributed by atoms with Gasteiger partial charge < -0.3 is 16.8 Å². The van der Waals surface area contributed by atoms with E-state index in [2.05, 4.69) is 10.2 Å². The van der Waals surface area contributed by atoms with Gasteiger partial charge in [0.15, 0.2) is 0 Å². The fourth-order valence-electron chi connectivity index (χ4n) is 3.28. The molecule has 2 aliphatic heterocycles. The first-order chi connectivity index (χ1) is 9.15. The van der Waals surface area contributed by atoms with E-state index in [9.17, 15) is 4.79 Å². The number of nitrogens with zero attached hydrogens (tertiary/aromatic N) is 1. The summed E-state index contributed by atoms with van der Waals surface area (Å²) in [6.45, 7) is 2.26. The van der Waals surface area contributed by atoms with Crippen LogP contribution in [0.3, 0.4) is 0 Å². The lowest BCUT2D eigenvalue weighted by Crippen LogP contribution is -2.42. The average Bonchev–Trinajstić information content (AvgIpc) is 2.94. The lowest BCUT2D eigenvalue weighted by atomic mass is 10.1. The number of rotatable bonds is 2. The molecule has 0 aliphatic carbocycles. The van der Waals surface area contributed by atoms with Crippen LogP contribution in [0.15, 0.2) is 18.2 Å². The summed E-state index contributed by atoms with van der Waals surface area (Å²) in [6, 6.07) is 5.81. The fraction of sp³-hybridized carbons (Fsp3) is 0.500. The van der Waals surface area contributed by atoms with Crippen molar-refractivity contribution in [2.75, 3.05) is 24.6 Å². The second-order valence-electron chi connectivity index (χ2n) is 5.46. The number of carbonyl (C=O) groups is 1. The maximum atomic E-state index is 12.3. The summed E-state index contributed by atoms with van der Waals surface area (Å²) in [6.07, 6.45) is 3.45. The Hall–Kier alpha value is -1.75. The van der Waals surface area contributed by atoms with Crippen LogP contribution in [0.5, 0.6) is 0 Å².